The van der Waals surface area contributed by atoms with Crippen molar-refractivity contribution in [2.75, 3.05) is 13.7 Å². The van der Waals surface area contributed by atoms with E-state index in [1.165, 1.54) is 15.9 Å². The second-order valence-electron chi connectivity index (χ2n) is 7.55. The SMILES string of the molecule is COCCCn1c(-c2csc(-c3ncccn3)n2)nc2c1c(=O)[nH]c(=O)n2Cc1ccccc1. The van der Waals surface area contributed by atoms with E-state index in [1.807, 2.05) is 35.7 Å². The molecule has 0 radical (unpaired) electrons. The number of rotatable bonds is 8. The zero-order valence-corrected chi connectivity index (χ0v) is 19.2. The Bertz CT molecular complexity index is 1540. The number of aromatic nitrogens is 7. The lowest BCUT2D eigenvalue weighted by molar-refractivity contribution is 0.191. The van der Waals surface area contributed by atoms with Crippen LogP contribution in [0.25, 0.3) is 33.5 Å². The predicted molar refractivity (Wildman–Crippen MR) is 129 cm³/mol. The number of H-pyrrole nitrogens is 1. The van der Waals surface area contributed by atoms with Crippen molar-refractivity contribution >= 4 is 22.5 Å². The average molecular weight is 476 g/mol. The van der Waals surface area contributed by atoms with Crippen LogP contribution in [0.5, 0.6) is 0 Å². The lowest BCUT2D eigenvalue weighted by atomic mass is 10.2. The zero-order valence-electron chi connectivity index (χ0n) is 18.3. The van der Waals surface area contributed by atoms with Gasteiger partial charge in [0.2, 0.25) is 0 Å². The molecule has 1 aromatic carbocycles. The Morgan fingerprint density at radius 3 is 2.59 bits per heavy atom. The molecule has 0 saturated heterocycles. The van der Waals surface area contributed by atoms with Gasteiger partial charge in [-0.25, -0.2) is 24.7 Å². The van der Waals surface area contributed by atoms with Gasteiger partial charge in [0.1, 0.15) is 5.69 Å². The third-order valence-corrected chi connectivity index (χ3v) is 6.13. The minimum absolute atomic E-state index is 0.279. The summed E-state index contributed by atoms with van der Waals surface area (Å²) < 4.78 is 8.49. The van der Waals surface area contributed by atoms with Gasteiger partial charge in [-0.15, -0.1) is 11.3 Å². The minimum atomic E-state index is -0.508. The molecule has 10 nitrogen and oxygen atoms in total. The second kappa shape index (κ2) is 9.49. The zero-order chi connectivity index (χ0) is 23.5. The van der Waals surface area contributed by atoms with Gasteiger partial charge in [-0.1, -0.05) is 30.3 Å². The summed E-state index contributed by atoms with van der Waals surface area (Å²) in [4.78, 5) is 46.1. The number of thiazole rings is 1. The Hall–Kier alpha value is -3.96. The van der Waals surface area contributed by atoms with E-state index in [4.69, 9.17) is 9.72 Å². The lowest BCUT2D eigenvalue weighted by Crippen LogP contribution is -2.31. The number of hydrogen-bond donors (Lipinski definition) is 1. The molecule has 4 aromatic heterocycles. The first-order valence-electron chi connectivity index (χ1n) is 10.6. The van der Waals surface area contributed by atoms with Gasteiger partial charge >= 0.3 is 5.69 Å². The largest absolute Gasteiger partial charge is 0.385 e. The molecule has 0 amide bonds. The maximum Gasteiger partial charge on any atom is 0.330 e. The number of aromatic amines is 1. The minimum Gasteiger partial charge on any atom is -0.385 e. The summed E-state index contributed by atoms with van der Waals surface area (Å²) in [5, 5.41) is 2.50. The number of nitrogens with one attached hydrogen (secondary N) is 1. The standard InChI is InChI=1S/C23H21N7O3S/c1-33-12-6-11-29-17-20(30(23(32)28-21(17)31)13-15-7-3-2-4-8-15)27-19(29)16-14-34-22(26-16)18-24-9-5-10-25-18/h2-5,7-10,14H,6,11-13H2,1H3,(H,28,31,32). The molecule has 0 fully saturated rings. The maximum absolute atomic E-state index is 12.9. The summed E-state index contributed by atoms with van der Waals surface area (Å²) >= 11 is 1.39. The highest BCUT2D eigenvalue weighted by molar-refractivity contribution is 7.13. The first-order chi connectivity index (χ1) is 16.7. The third kappa shape index (κ3) is 4.18. The van der Waals surface area contributed by atoms with E-state index in [0.717, 1.165) is 5.56 Å². The molecule has 0 spiro atoms. The molecule has 0 aliphatic rings. The molecule has 0 aliphatic carbocycles. The molecule has 1 N–H and O–H groups in total. The van der Waals surface area contributed by atoms with E-state index in [0.29, 0.717) is 53.1 Å². The van der Waals surface area contributed by atoms with Gasteiger partial charge in [0.15, 0.2) is 27.8 Å². The van der Waals surface area contributed by atoms with Gasteiger partial charge in [0.05, 0.1) is 6.54 Å². The van der Waals surface area contributed by atoms with Crippen molar-refractivity contribution in [3.63, 3.8) is 0 Å². The molecule has 4 heterocycles. The van der Waals surface area contributed by atoms with Gasteiger partial charge in [0.25, 0.3) is 5.56 Å². The fourth-order valence-electron chi connectivity index (χ4n) is 3.75. The van der Waals surface area contributed by atoms with Crippen molar-refractivity contribution in [2.45, 2.75) is 19.5 Å². The Labute approximate surface area is 197 Å². The Balaban J connectivity index is 1.68. The summed E-state index contributed by atoms with van der Waals surface area (Å²) in [6, 6.07) is 11.3. The summed E-state index contributed by atoms with van der Waals surface area (Å²) in [6.07, 6.45) is 3.97. The van der Waals surface area contributed by atoms with E-state index in [1.54, 1.807) is 30.1 Å². The highest BCUT2D eigenvalue weighted by atomic mass is 32.1. The fourth-order valence-corrected chi connectivity index (χ4v) is 4.50. The average Bonchev–Trinajstić information content (AvgIpc) is 3.49. The Morgan fingerprint density at radius 2 is 1.82 bits per heavy atom. The first-order valence-corrected chi connectivity index (χ1v) is 11.5. The van der Waals surface area contributed by atoms with Crippen molar-refractivity contribution in [3.05, 3.63) is 80.6 Å². The van der Waals surface area contributed by atoms with Crippen LogP contribution in [0.3, 0.4) is 0 Å². The van der Waals surface area contributed by atoms with E-state index in [9.17, 15) is 9.59 Å². The predicted octanol–water partition coefficient (Wildman–Crippen LogP) is 2.55. The number of ether oxygens (including phenoxy) is 1. The summed E-state index contributed by atoms with van der Waals surface area (Å²) in [5.74, 6) is 1.02. The van der Waals surface area contributed by atoms with Crippen LogP contribution in [-0.2, 0) is 17.8 Å². The van der Waals surface area contributed by atoms with Crippen molar-refractivity contribution in [2.24, 2.45) is 0 Å². The van der Waals surface area contributed by atoms with Gasteiger partial charge in [-0.3, -0.25) is 14.3 Å². The van der Waals surface area contributed by atoms with E-state index < -0.39 is 11.2 Å². The number of hydrogen-bond acceptors (Lipinski definition) is 8. The highest BCUT2D eigenvalue weighted by Crippen LogP contribution is 2.28. The topological polar surface area (TPSA) is 121 Å². The number of benzene rings is 1. The molecule has 11 heteroatoms. The maximum atomic E-state index is 12.9. The Morgan fingerprint density at radius 1 is 1.03 bits per heavy atom. The van der Waals surface area contributed by atoms with Crippen molar-refractivity contribution in [3.8, 4) is 22.4 Å². The molecule has 34 heavy (non-hydrogen) atoms. The summed E-state index contributed by atoms with van der Waals surface area (Å²) in [5.41, 5.74) is 1.15. The molecule has 0 atom stereocenters. The number of methoxy groups -OCH3 is 1. The van der Waals surface area contributed by atoms with Crippen LogP contribution in [0.1, 0.15) is 12.0 Å². The molecule has 0 saturated carbocycles. The van der Waals surface area contributed by atoms with E-state index >= 15 is 0 Å². The van der Waals surface area contributed by atoms with Crippen LogP contribution in [-0.4, -0.2) is 47.8 Å². The number of nitrogens with zero attached hydrogens (tertiary/aromatic N) is 6. The van der Waals surface area contributed by atoms with Crippen molar-refractivity contribution in [1.29, 1.82) is 0 Å². The molecule has 5 rings (SSSR count). The number of aryl methyl sites for hydroxylation is 1. The summed E-state index contributed by atoms with van der Waals surface area (Å²) in [7, 11) is 1.63. The van der Waals surface area contributed by atoms with Crippen LogP contribution < -0.4 is 11.2 Å². The van der Waals surface area contributed by atoms with Gasteiger partial charge in [0, 0.05) is 38.0 Å². The van der Waals surface area contributed by atoms with Crippen molar-refractivity contribution < 1.29 is 4.74 Å². The molecule has 0 bridgehead atoms. The lowest BCUT2D eigenvalue weighted by Gasteiger charge is -2.08. The number of imidazole rings is 1. The smallest absolute Gasteiger partial charge is 0.330 e. The molecular formula is C23H21N7O3S. The first kappa shape index (κ1) is 21.9. The quantitative estimate of drug-likeness (QED) is 0.342. The monoisotopic (exact) mass is 475 g/mol. The van der Waals surface area contributed by atoms with E-state index in [-0.39, 0.29) is 6.54 Å². The molecular weight excluding hydrogens is 454 g/mol. The van der Waals surface area contributed by atoms with E-state index in [2.05, 4.69) is 19.9 Å². The van der Waals surface area contributed by atoms with Crippen LogP contribution in [0.15, 0.2) is 63.8 Å². The van der Waals surface area contributed by atoms with Crippen LogP contribution >= 0.6 is 11.3 Å². The molecule has 0 unspecified atom stereocenters. The molecule has 5 aromatic rings. The molecule has 0 aliphatic heterocycles. The number of fused-ring (bicyclic) bond motifs is 1. The van der Waals surface area contributed by atoms with Crippen LogP contribution in [0.2, 0.25) is 0 Å². The second-order valence-corrected chi connectivity index (χ2v) is 8.41. The van der Waals surface area contributed by atoms with Gasteiger partial charge in [-0.05, 0) is 18.1 Å². The Kier molecular flexibility index (Phi) is 6.11. The van der Waals surface area contributed by atoms with Crippen LogP contribution in [0.4, 0.5) is 0 Å². The van der Waals surface area contributed by atoms with Gasteiger partial charge < -0.3 is 9.30 Å². The molecule has 172 valence electrons. The normalized spacial score (nSPS) is 11.3. The van der Waals surface area contributed by atoms with Gasteiger partial charge in [-0.2, -0.15) is 0 Å². The third-order valence-electron chi connectivity index (χ3n) is 5.29. The van der Waals surface area contributed by atoms with Crippen molar-refractivity contribution in [1.82, 2.24) is 34.1 Å². The van der Waals surface area contributed by atoms with Crippen LogP contribution in [0, 0.1) is 0 Å². The summed E-state index contributed by atoms with van der Waals surface area (Å²) in [6.45, 7) is 1.27. The highest BCUT2D eigenvalue weighted by Gasteiger charge is 2.22. The fraction of sp³-hybridized carbons (Fsp3) is 0.217.